The second-order valence-electron chi connectivity index (χ2n) is 6.83. The molecule has 1 aliphatic rings. The van der Waals surface area contributed by atoms with Crippen LogP contribution in [0.1, 0.15) is 41.6 Å². The van der Waals surface area contributed by atoms with E-state index in [1.54, 1.807) is 24.3 Å². The Morgan fingerprint density at radius 3 is 2.48 bits per heavy atom. The van der Waals surface area contributed by atoms with Crippen LogP contribution in [0.4, 0.5) is 13.2 Å². The predicted molar refractivity (Wildman–Crippen MR) is 96.5 cm³/mol. The fourth-order valence-electron chi connectivity index (χ4n) is 3.43. The van der Waals surface area contributed by atoms with Gasteiger partial charge in [-0.1, -0.05) is 42.8 Å². The van der Waals surface area contributed by atoms with Crippen LogP contribution >= 0.6 is 0 Å². The van der Waals surface area contributed by atoms with Gasteiger partial charge in [-0.15, -0.1) is 0 Å². The van der Waals surface area contributed by atoms with Crippen LogP contribution < -0.4 is 10.1 Å². The minimum absolute atomic E-state index is 0.0576. The van der Waals surface area contributed by atoms with E-state index in [2.05, 4.69) is 5.32 Å². The Bertz CT molecular complexity index is 762. The average molecular weight is 377 g/mol. The van der Waals surface area contributed by atoms with Crippen LogP contribution in [-0.4, -0.2) is 18.1 Å². The lowest BCUT2D eigenvalue weighted by Crippen LogP contribution is -2.41. The van der Waals surface area contributed by atoms with E-state index in [0.717, 1.165) is 0 Å². The summed E-state index contributed by atoms with van der Waals surface area (Å²) in [6.45, 7) is 0.212. The standard InChI is InChI=1S/C21H22F3NO2/c22-21(23,24)16-8-6-9-17(13-16)25-20(26)19-12-5-4-7-15(19)14-27-18-10-2-1-3-11-18/h1-5,7,10-12,16-17H,6,8-9,13-14H2,(H,25,26). The van der Waals surface area contributed by atoms with Crippen molar-refractivity contribution >= 4 is 5.91 Å². The van der Waals surface area contributed by atoms with Crippen molar-refractivity contribution in [2.24, 2.45) is 5.92 Å². The summed E-state index contributed by atoms with van der Waals surface area (Å²) in [6, 6.07) is 15.8. The molecule has 2 atom stereocenters. The van der Waals surface area contributed by atoms with Gasteiger partial charge in [-0.3, -0.25) is 4.79 Å². The van der Waals surface area contributed by atoms with Gasteiger partial charge in [0, 0.05) is 17.2 Å². The van der Waals surface area contributed by atoms with Crippen LogP contribution in [0.2, 0.25) is 0 Å². The van der Waals surface area contributed by atoms with Gasteiger partial charge in [0.2, 0.25) is 0 Å². The Morgan fingerprint density at radius 2 is 1.74 bits per heavy atom. The molecule has 0 radical (unpaired) electrons. The quantitative estimate of drug-likeness (QED) is 0.786. The monoisotopic (exact) mass is 377 g/mol. The molecule has 27 heavy (non-hydrogen) atoms. The summed E-state index contributed by atoms with van der Waals surface area (Å²) in [5.41, 5.74) is 1.13. The summed E-state index contributed by atoms with van der Waals surface area (Å²) in [5, 5.41) is 2.78. The van der Waals surface area contributed by atoms with Crippen molar-refractivity contribution in [3.63, 3.8) is 0 Å². The second kappa shape index (κ2) is 8.46. The van der Waals surface area contributed by atoms with E-state index in [1.165, 1.54) is 0 Å². The number of para-hydroxylation sites is 1. The number of rotatable bonds is 5. The van der Waals surface area contributed by atoms with Gasteiger partial charge in [-0.2, -0.15) is 13.2 Å². The molecule has 1 amide bonds. The third-order valence-corrected chi connectivity index (χ3v) is 4.87. The third kappa shape index (κ3) is 5.25. The Hall–Kier alpha value is -2.50. The highest BCUT2D eigenvalue weighted by Crippen LogP contribution is 2.37. The summed E-state index contributed by atoms with van der Waals surface area (Å²) >= 11 is 0. The van der Waals surface area contributed by atoms with Gasteiger partial charge in [0.05, 0.1) is 5.92 Å². The average Bonchev–Trinajstić information content (AvgIpc) is 2.67. The Balaban J connectivity index is 1.64. The molecule has 0 aliphatic heterocycles. The molecule has 1 fully saturated rings. The lowest BCUT2D eigenvalue weighted by molar-refractivity contribution is -0.183. The first-order chi connectivity index (χ1) is 12.9. The molecule has 0 heterocycles. The van der Waals surface area contributed by atoms with Crippen molar-refractivity contribution in [1.29, 1.82) is 0 Å². The highest BCUT2D eigenvalue weighted by molar-refractivity contribution is 5.95. The van der Waals surface area contributed by atoms with Crippen molar-refractivity contribution in [2.75, 3.05) is 0 Å². The molecule has 0 spiro atoms. The molecular formula is C21H22F3NO2. The molecule has 0 aromatic heterocycles. The number of benzene rings is 2. The molecule has 0 bridgehead atoms. The minimum Gasteiger partial charge on any atom is -0.489 e. The molecule has 3 rings (SSSR count). The first-order valence-corrected chi connectivity index (χ1v) is 9.07. The lowest BCUT2D eigenvalue weighted by Gasteiger charge is -2.31. The van der Waals surface area contributed by atoms with Gasteiger partial charge in [-0.05, 0) is 37.5 Å². The zero-order chi connectivity index (χ0) is 19.3. The molecule has 2 aromatic carbocycles. The van der Waals surface area contributed by atoms with Gasteiger partial charge in [0.25, 0.3) is 5.91 Å². The van der Waals surface area contributed by atoms with E-state index in [1.807, 2.05) is 30.3 Å². The summed E-state index contributed by atoms with van der Waals surface area (Å²) in [6.07, 6.45) is -3.09. The van der Waals surface area contributed by atoms with E-state index in [-0.39, 0.29) is 25.4 Å². The van der Waals surface area contributed by atoms with Crippen molar-refractivity contribution in [3.8, 4) is 5.75 Å². The smallest absolute Gasteiger partial charge is 0.391 e. The van der Waals surface area contributed by atoms with E-state index in [4.69, 9.17) is 4.74 Å². The molecule has 1 saturated carbocycles. The third-order valence-electron chi connectivity index (χ3n) is 4.87. The number of ether oxygens (including phenoxy) is 1. The van der Waals surface area contributed by atoms with Crippen LogP contribution in [0, 0.1) is 5.92 Å². The molecule has 144 valence electrons. The summed E-state index contributed by atoms with van der Waals surface area (Å²) in [5.74, 6) is -1.00. The summed E-state index contributed by atoms with van der Waals surface area (Å²) in [7, 11) is 0. The van der Waals surface area contributed by atoms with E-state index in [9.17, 15) is 18.0 Å². The molecule has 1 aliphatic carbocycles. The normalized spacial score (nSPS) is 20.1. The lowest BCUT2D eigenvalue weighted by atomic mass is 9.85. The number of halogens is 3. The number of hydrogen-bond acceptors (Lipinski definition) is 2. The Kier molecular flexibility index (Phi) is 6.04. The molecule has 1 N–H and O–H groups in total. The first-order valence-electron chi connectivity index (χ1n) is 9.07. The molecular weight excluding hydrogens is 355 g/mol. The topological polar surface area (TPSA) is 38.3 Å². The molecule has 3 nitrogen and oxygen atoms in total. The highest BCUT2D eigenvalue weighted by Gasteiger charge is 2.42. The number of nitrogens with one attached hydrogen (secondary N) is 1. The van der Waals surface area contributed by atoms with Crippen LogP contribution in [0.25, 0.3) is 0 Å². The fraction of sp³-hybridized carbons (Fsp3) is 0.381. The molecule has 0 saturated heterocycles. The highest BCUT2D eigenvalue weighted by atomic mass is 19.4. The van der Waals surface area contributed by atoms with Crippen molar-refractivity contribution in [2.45, 2.75) is 44.5 Å². The van der Waals surface area contributed by atoms with E-state index >= 15 is 0 Å². The maximum atomic E-state index is 13.0. The molecule has 2 aromatic rings. The van der Waals surface area contributed by atoms with Crippen molar-refractivity contribution in [3.05, 3.63) is 65.7 Å². The van der Waals surface area contributed by atoms with Crippen LogP contribution in [0.5, 0.6) is 5.75 Å². The van der Waals surface area contributed by atoms with Crippen molar-refractivity contribution in [1.82, 2.24) is 5.32 Å². The maximum absolute atomic E-state index is 13.0. The van der Waals surface area contributed by atoms with E-state index < -0.39 is 18.1 Å². The Morgan fingerprint density at radius 1 is 1.04 bits per heavy atom. The van der Waals surface area contributed by atoms with Gasteiger partial charge in [-0.25, -0.2) is 0 Å². The fourth-order valence-corrected chi connectivity index (χ4v) is 3.43. The van der Waals surface area contributed by atoms with Gasteiger partial charge in [0.1, 0.15) is 12.4 Å². The second-order valence-corrected chi connectivity index (χ2v) is 6.83. The zero-order valence-electron chi connectivity index (χ0n) is 14.8. The predicted octanol–water partition coefficient (Wildman–Crippen LogP) is 5.12. The number of amides is 1. The van der Waals surface area contributed by atoms with Gasteiger partial charge in [0.15, 0.2) is 0 Å². The zero-order valence-corrected chi connectivity index (χ0v) is 14.8. The van der Waals surface area contributed by atoms with Gasteiger partial charge >= 0.3 is 6.18 Å². The minimum atomic E-state index is -4.20. The summed E-state index contributed by atoms with van der Waals surface area (Å²) < 4.78 is 44.6. The van der Waals surface area contributed by atoms with Gasteiger partial charge < -0.3 is 10.1 Å². The van der Waals surface area contributed by atoms with Crippen LogP contribution in [0.3, 0.4) is 0 Å². The summed E-state index contributed by atoms with van der Waals surface area (Å²) in [4.78, 5) is 12.7. The number of carbonyl (C=O) groups excluding carboxylic acids is 1. The first kappa shape index (κ1) is 19.3. The Labute approximate surface area is 156 Å². The van der Waals surface area contributed by atoms with Crippen LogP contribution in [-0.2, 0) is 6.61 Å². The molecule has 6 heteroatoms. The van der Waals surface area contributed by atoms with Crippen molar-refractivity contribution < 1.29 is 22.7 Å². The van der Waals surface area contributed by atoms with Crippen LogP contribution in [0.15, 0.2) is 54.6 Å². The number of carbonyl (C=O) groups is 1. The van der Waals surface area contributed by atoms with E-state index in [0.29, 0.717) is 29.7 Å². The number of alkyl halides is 3. The maximum Gasteiger partial charge on any atom is 0.391 e. The number of hydrogen-bond donors (Lipinski definition) is 1. The SMILES string of the molecule is O=C(NC1CCCC(C(F)(F)F)C1)c1ccccc1COc1ccccc1. The largest absolute Gasteiger partial charge is 0.489 e. The molecule has 2 unspecified atom stereocenters.